The maximum atomic E-state index is 12.0. The average Bonchev–Trinajstić information content (AvgIpc) is 2.51. The number of amides is 2. The van der Waals surface area contributed by atoms with Gasteiger partial charge in [-0.2, -0.15) is 0 Å². The first-order valence-electron chi connectivity index (χ1n) is 7.06. The number of ether oxygens (including phenoxy) is 1. The molecule has 2 N–H and O–H groups in total. The Labute approximate surface area is 133 Å². The first kappa shape index (κ1) is 16.5. The molecule has 0 radical (unpaired) electrons. The van der Waals surface area contributed by atoms with Gasteiger partial charge in [0.1, 0.15) is 11.8 Å². The number of carboxylic acid groups (broad SMARTS) is 1. The van der Waals surface area contributed by atoms with Crippen LogP contribution in [-0.4, -0.2) is 53.0 Å². The lowest BCUT2D eigenvalue weighted by Crippen LogP contribution is -2.68. The SMILES string of the molecule is C=C(C)C(C(=O)O)N1CC(NC(=O)COc2ccccc2)C1=O. The molecular weight excluding hydrogens is 300 g/mol. The maximum Gasteiger partial charge on any atom is 0.330 e. The first-order valence-corrected chi connectivity index (χ1v) is 7.06. The number of β-lactam (4-membered cyclic amide) rings is 1. The van der Waals surface area contributed by atoms with Crippen molar-refractivity contribution in [1.82, 2.24) is 10.2 Å². The van der Waals surface area contributed by atoms with Crippen molar-refractivity contribution < 1.29 is 24.2 Å². The van der Waals surface area contributed by atoms with Gasteiger partial charge in [0.05, 0.1) is 6.54 Å². The summed E-state index contributed by atoms with van der Waals surface area (Å²) >= 11 is 0. The van der Waals surface area contributed by atoms with Crippen molar-refractivity contribution in [3.63, 3.8) is 0 Å². The van der Waals surface area contributed by atoms with Gasteiger partial charge in [0.25, 0.3) is 5.91 Å². The van der Waals surface area contributed by atoms with Crippen molar-refractivity contribution in [1.29, 1.82) is 0 Å². The number of aliphatic carboxylic acids is 1. The minimum Gasteiger partial charge on any atom is -0.484 e. The molecule has 1 aromatic carbocycles. The van der Waals surface area contributed by atoms with Crippen LogP contribution in [0, 0.1) is 0 Å². The summed E-state index contributed by atoms with van der Waals surface area (Å²) in [6.45, 7) is 5.06. The lowest BCUT2D eigenvalue weighted by Gasteiger charge is -2.42. The Bertz CT molecular complexity index is 615. The summed E-state index contributed by atoms with van der Waals surface area (Å²) in [6.07, 6.45) is 0. The lowest BCUT2D eigenvalue weighted by molar-refractivity contribution is -0.158. The van der Waals surface area contributed by atoms with E-state index in [0.717, 1.165) is 0 Å². The topological polar surface area (TPSA) is 95.9 Å². The molecule has 2 amide bonds. The van der Waals surface area contributed by atoms with Gasteiger partial charge in [-0.3, -0.25) is 9.59 Å². The standard InChI is InChI=1S/C16H18N2O5/c1-10(2)14(16(21)22)18-8-12(15(18)20)17-13(19)9-23-11-6-4-3-5-7-11/h3-7,12,14H,1,8-9H2,2H3,(H,17,19)(H,21,22). The van der Waals surface area contributed by atoms with Crippen molar-refractivity contribution in [2.45, 2.75) is 19.0 Å². The van der Waals surface area contributed by atoms with Crippen LogP contribution in [0.25, 0.3) is 0 Å². The molecule has 2 unspecified atom stereocenters. The van der Waals surface area contributed by atoms with E-state index in [0.29, 0.717) is 11.3 Å². The number of benzene rings is 1. The molecule has 0 spiro atoms. The van der Waals surface area contributed by atoms with E-state index in [1.807, 2.05) is 6.07 Å². The number of nitrogens with zero attached hydrogens (tertiary/aromatic N) is 1. The van der Waals surface area contributed by atoms with Crippen LogP contribution in [-0.2, 0) is 14.4 Å². The minimum absolute atomic E-state index is 0.139. The van der Waals surface area contributed by atoms with Gasteiger partial charge in [-0.05, 0) is 24.6 Å². The maximum absolute atomic E-state index is 12.0. The molecule has 1 aliphatic heterocycles. The van der Waals surface area contributed by atoms with Gasteiger partial charge >= 0.3 is 5.97 Å². The zero-order chi connectivity index (χ0) is 17.0. The van der Waals surface area contributed by atoms with Crippen LogP contribution in [0.1, 0.15) is 6.92 Å². The van der Waals surface area contributed by atoms with Gasteiger partial charge in [-0.15, -0.1) is 0 Å². The summed E-state index contributed by atoms with van der Waals surface area (Å²) in [5.74, 6) is -1.46. The van der Waals surface area contributed by atoms with Crippen LogP contribution < -0.4 is 10.1 Å². The van der Waals surface area contributed by atoms with Gasteiger partial charge in [0.15, 0.2) is 12.6 Å². The second kappa shape index (κ2) is 6.95. The molecule has 2 atom stereocenters. The summed E-state index contributed by atoms with van der Waals surface area (Å²) in [6, 6.07) is 7.05. The van der Waals surface area contributed by atoms with E-state index in [9.17, 15) is 14.4 Å². The highest BCUT2D eigenvalue weighted by Gasteiger charge is 2.44. The van der Waals surface area contributed by atoms with Crippen LogP contribution in [0.15, 0.2) is 42.5 Å². The Kier molecular flexibility index (Phi) is 5.00. The highest BCUT2D eigenvalue weighted by molar-refractivity contribution is 5.96. The Balaban J connectivity index is 1.82. The molecule has 1 heterocycles. The summed E-state index contributed by atoms with van der Waals surface area (Å²) < 4.78 is 5.28. The molecule has 23 heavy (non-hydrogen) atoms. The summed E-state index contributed by atoms with van der Waals surface area (Å²) in [5.41, 5.74) is 0.364. The van der Waals surface area contributed by atoms with Gasteiger partial charge in [0.2, 0.25) is 5.91 Å². The van der Waals surface area contributed by atoms with Gasteiger partial charge in [-0.25, -0.2) is 4.79 Å². The molecule has 1 fully saturated rings. The fourth-order valence-electron chi connectivity index (χ4n) is 2.30. The Hall–Kier alpha value is -2.83. The lowest BCUT2D eigenvalue weighted by atomic mass is 10.00. The fourth-order valence-corrected chi connectivity index (χ4v) is 2.30. The van der Waals surface area contributed by atoms with E-state index in [1.54, 1.807) is 31.2 Å². The highest BCUT2D eigenvalue weighted by atomic mass is 16.5. The molecule has 1 aromatic rings. The van der Waals surface area contributed by atoms with Crippen molar-refractivity contribution in [3.05, 3.63) is 42.5 Å². The molecule has 7 nitrogen and oxygen atoms in total. The van der Waals surface area contributed by atoms with Crippen molar-refractivity contribution in [2.24, 2.45) is 0 Å². The third kappa shape index (κ3) is 3.88. The zero-order valence-electron chi connectivity index (χ0n) is 12.7. The Morgan fingerprint density at radius 2 is 2.09 bits per heavy atom. The zero-order valence-corrected chi connectivity index (χ0v) is 12.7. The molecule has 0 aliphatic carbocycles. The summed E-state index contributed by atoms with van der Waals surface area (Å²) in [7, 11) is 0. The molecule has 1 saturated heterocycles. The molecule has 0 bridgehead atoms. The van der Waals surface area contributed by atoms with E-state index in [4.69, 9.17) is 9.84 Å². The Morgan fingerprint density at radius 1 is 1.43 bits per heavy atom. The predicted molar refractivity (Wildman–Crippen MR) is 81.8 cm³/mol. The molecule has 7 heteroatoms. The quantitative estimate of drug-likeness (QED) is 0.561. The van der Waals surface area contributed by atoms with Crippen LogP contribution in [0.4, 0.5) is 0 Å². The Morgan fingerprint density at radius 3 is 2.61 bits per heavy atom. The van der Waals surface area contributed by atoms with E-state index in [-0.39, 0.29) is 13.2 Å². The molecule has 122 valence electrons. The second-order valence-corrected chi connectivity index (χ2v) is 5.30. The van der Waals surface area contributed by atoms with Crippen molar-refractivity contribution in [3.8, 4) is 5.75 Å². The summed E-state index contributed by atoms with van der Waals surface area (Å²) in [5, 5.41) is 11.6. The van der Waals surface area contributed by atoms with Gasteiger partial charge < -0.3 is 20.1 Å². The highest BCUT2D eigenvalue weighted by Crippen LogP contribution is 2.19. The molecule has 1 aliphatic rings. The van der Waals surface area contributed by atoms with Gasteiger partial charge in [0, 0.05) is 0 Å². The third-order valence-electron chi connectivity index (χ3n) is 3.42. The number of carbonyl (C=O) groups is 3. The number of nitrogens with one attached hydrogen (secondary N) is 1. The second-order valence-electron chi connectivity index (χ2n) is 5.30. The van der Waals surface area contributed by atoms with E-state index >= 15 is 0 Å². The van der Waals surface area contributed by atoms with Crippen molar-refractivity contribution >= 4 is 17.8 Å². The predicted octanol–water partition coefficient (Wildman–Crippen LogP) is 0.422. The van der Waals surface area contributed by atoms with Crippen LogP contribution in [0.2, 0.25) is 0 Å². The monoisotopic (exact) mass is 318 g/mol. The number of rotatable bonds is 7. The van der Waals surface area contributed by atoms with Crippen LogP contribution >= 0.6 is 0 Å². The number of hydrogen-bond donors (Lipinski definition) is 2. The van der Waals surface area contributed by atoms with Gasteiger partial charge in [-0.1, -0.05) is 24.8 Å². The fraction of sp³-hybridized carbons (Fsp3) is 0.312. The third-order valence-corrected chi connectivity index (χ3v) is 3.42. The van der Waals surface area contributed by atoms with Crippen LogP contribution in [0.3, 0.4) is 0 Å². The van der Waals surface area contributed by atoms with Crippen molar-refractivity contribution in [2.75, 3.05) is 13.2 Å². The van der Waals surface area contributed by atoms with Crippen LogP contribution in [0.5, 0.6) is 5.75 Å². The molecule has 0 saturated carbocycles. The summed E-state index contributed by atoms with van der Waals surface area (Å²) in [4.78, 5) is 36.1. The number of likely N-dealkylation sites (tertiary alicyclic amines) is 1. The smallest absolute Gasteiger partial charge is 0.330 e. The van der Waals surface area contributed by atoms with E-state index in [1.165, 1.54) is 4.90 Å². The molecule has 2 rings (SSSR count). The largest absolute Gasteiger partial charge is 0.484 e. The van der Waals surface area contributed by atoms with E-state index < -0.39 is 29.9 Å². The molecule has 0 aromatic heterocycles. The molecular formula is C16H18N2O5. The number of para-hydroxylation sites is 1. The number of carbonyl (C=O) groups excluding carboxylic acids is 2. The number of hydrogen-bond acceptors (Lipinski definition) is 4. The number of carboxylic acids is 1. The normalized spacial score (nSPS) is 17.9. The van der Waals surface area contributed by atoms with E-state index in [2.05, 4.69) is 11.9 Å². The minimum atomic E-state index is -1.14. The first-order chi connectivity index (χ1) is 10.9. The average molecular weight is 318 g/mol.